The number of aryl methyl sites for hydroxylation is 1. The zero-order valence-corrected chi connectivity index (χ0v) is 25.2. The van der Waals surface area contributed by atoms with E-state index in [1.165, 1.54) is 37.3 Å². The van der Waals surface area contributed by atoms with Crippen LogP contribution < -0.4 is 15.4 Å². The monoisotopic (exact) mass is 612 g/mol. The zero-order chi connectivity index (χ0) is 32.2. The standard InChI is InChI=1S/C32H35F3N4O5/c1-31(2,3)44-30(42)39(5)18-19-12-23(32(33,34)35)16-24(13-19)38-28(40)21-7-6-20-8-9-25(15-22(20)14-21)43-26-10-11-37-27(17-26)29(41)36-4/h8-13,15-17,21H,6-7,14,18H2,1-5H3,(H,36,41)(H,38,40). The fraction of sp³-hybridized carbons (Fsp3) is 0.375. The summed E-state index contributed by atoms with van der Waals surface area (Å²) in [4.78, 5) is 42.8. The molecule has 0 spiro atoms. The van der Waals surface area contributed by atoms with Crippen molar-refractivity contribution in [3.05, 3.63) is 82.7 Å². The van der Waals surface area contributed by atoms with Gasteiger partial charge < -0.3 is 25.0 Å². The van der Waals surface area contributed by atoms with Crippen LogP contribution in [0.5, 0.6) is 11.5 Å². The number of amides is 3. The lowest BCUT2D eigenvalue weighted by Crippen LogP contribution is -2.34. The van der Waals surface area contributed by atoms with E-state index in [9.17, 15) is 27.6 Å². The van der Waals surface area contributed by atoms with Gasteiger partial charge in [0.2, 0.25) is 5.91 Å². The first-order valence-corrected chi connectivity index (χ1v) is 14.0. The van der Waals surface area contributed by atoms with Gasteiger partial charge in [-0.1, -0.05) is 6.07 Å². The van der Waals surface area contributed by atoms with E-state index in [1.807, 2.05) is 12.1 Å². The van der Waals surface area contributed by atoms with Gasteiger partial charge in [-0.2, -0.15) is 13.2 Å². The molecule has 44 heavy (non-hydrogen) atoms. The van der Waals surface area contributed by atoms with Crippen molar-refractivity contribution in [1.29, 1.82) is 0 Å². The Bertz CT molecular complexity index is 1550. The maximum atomic E-state index is 13.7. The van der Waals surface area contributed by atoms with Gasteiger partial charge in [0.25, 0.3) is 5.91 Å². The molecule has 1 atom stereocenters. The van der Waals surface area contributed by atoms with Crippen molar-refractivity contribution in [1.82, 2.24) is 15.2 Å². The predicted molar refractivity (Wildman–Crippen MR) is 157 cm³/mol. The second-order valence-corrected chi connectivity index (χ2v) is 11.7. The minimum Gasteiger partial charge on any atom is -0.457 e. The number of halogens is 3. The summed E-state index contributed by atoms with van der Waals surface area (Å²) in [6.45, 7) is 4.93. The van der Waals surface area contributed by atoms with E-state index in [1.54, 1.807) is 32.9 Å². The number of rotatable bonds is 7. The van der Waals surface area contributed by atoms with Crippen LogP contribution in [-0.4, -0.2) is 47.5 Å². The number of ether oxygens (including phenoxy) is 2. The van der Waals surface area contributed by atoms with Crippen molar-refractivity contribution >= 4 is 23.6 Å². The van der Waals surface area contributed by atoms with Crippen LogP contribution in [0, 0.1) is 5.92 Å². The highest BCUT2D eigenvalue weighted by atomic mass is 19.4. The number of aromatic nitrogens is 1. The van der Waals surface area contributed by atoms with E-state index >= 15 is 0 Å². The van der Waals surface area contributed by atoms with Crippen LogP contribution in [0.1, 0.15) is 59.9 Å². The number of nitrogens with zero attached hydrogens (tertiary/aromatic N) is 2. The molecule has 1 aromatic heterocycles. The second kappa shape index (κ2) is 12.9. The number of hydrogen-bond acceptors (Lipinski definition) is 6. The van der Waals surface area contributed by atoms with Gasteiger partial charge in [0.05, 0.1) is 5.56 Å². The number of anilines is 1. The molecule has 0 radical (unpaired) electrons. The Labute approximate surface area is 253 Å². The fourth-order valence-electron chi connectivity index (χ4n) is 4.83. The Balaban J connectivity index is 1.48. The summed E-state index contributed by atoms with van der Waals surface area (Å²) in [6, 6.07) is 12.0. The summed E-state index contributed by atoms with van der Waals surface area (Å²) < 4.78 is 52.5. The molecule has 1 aliphatic carbocycles. The molecule has 1 unspecified atom stereocenters. The zero-order valence-electron chi connectivity index (χ0n) is 25.2. The van der Waals surface area contributed by atoms with Gasteiger partial charge >= 0.3 is 12.3 Å². The van der Waals surface area contributed by atoms with E-state index in [2.05, 4.69) is 15.6 Å². The molecule has 4 rings (SSSR count). The van der Waals surface area contributed by atoms with Gasteiger partial charge in [-0.05, 0) is 93.1 Å². The quantitative estimate of drug-likeness (QED) is 0.321. The summed E-state index contributed by atoms with van der Waals surface area (Å²) in [5.41, 5.74) is 0.620. The highest BCUT2D eigenvalue weighted by Gasteiger charge is 2.32. The van der Waals surface area contributed by atoms with Gasteiger partial charge in [0.15, 0.2) is 0 Å². The Hall–Kier alpha value is -4.61. The van der Waals surface area contributed by atoms with E-state index in [-0.39, 0.29) is 29.4 Å². The molecular formula is C32H35F3N4O5. The lowest BCUT2D eigenvalue weighted by molar-refractivity contribution is -0.137. The smallest absolute Gasteiger partial charge is 0.416 e. The molecule has 0 fully saturated rings. The van der Waals surface area contributed by atoms with Crippen LogP contribution >= 0.6 is 0 Å². The number of carbonyl (C=O) groups excluding carboxylic acids is 3. The predicted octanol–water partition coefficient (Wildman–Crippen LogP) is 6.36. The van der Waals surface area contributed by atoms with E-state index in [4.69, 9.17) is 9.47 Å². The molecule has 12 heteroatoms. The van der Waals surface area contributed by atoms with Crippen LogP contribution in [0.25, 0.3) is 0 Å². The van der Waals surface area contributed by atoms with Crippen LogP contribution in [-0.2, 0) is 35.1 Å². The molecule has 1 heterocycles. The first-order valence-electron chi connectivity index (χ1n) is 14.0. The minimum absolute atomic E-state index is 0.00935. The fourth-order valence-corrected chi connectivity index (χ4v) is 4.83. The minimum atomic E-state index is -4.66. The average Bonchev–Trinajstić information content (AvgIpc) is 2.95. The van der Waals surface area contributed by atoms with Gasteiger partial charge in [0, 0.05) is 44.5 Å². The Morgan fingerprint density at radius 1 is 1.00 bits per heavy atom. The summed E-state index contributed by atoms with van der Waals surface area (Å²) >= 11 is 0. The van der Waals surface area contributed by atoms with E-state index in [0.29, 0.717) is 30.8 Å². The van der Waals surface area contributed by atoms with E-state index < -0.39 is 35.3 Å². The average molecular weight is 613 g/mol. The lowest BCUT2D eigenvalue weighted by Gasteiger charge is -2.26. The highest BCUT2D eigenvalue weighted by Crippen LogP contribution is 2.34. The maximum Gasteiger partial charge on any atom is 0.416 e. The van der Waals surface area contributed by atoms with Crippen molar-refractivity contribution in [2.45, 2.75) is 58.4 Å². The molecule has 3 amide bonds. The van der Waals surface area contributed by atoms with E-state index in [0.717, 1.165) is 23.3 Å². The third-order valence-corrected chi connectivity index (χ3v) is 6.92. The number of benzene rings is 2. The van der Waals surface area contributed by atoms with Crippen molar-refractivity contribution < 1.29 is 37.0 Å². The molecule has 2 aromatic carbocycles. The van der Waals surface area contributed by atoms with Crippen molar-refractivity contribution in [2.24, 2.45) is 5.92 Å². The maximum absolute atomic E-state index is 13.7. The van der Waals surface area contributed by atoms with Crippen LogP contribution in [0.4, 0.5) is 23.7 Å². The summed E-state index contributed by atoms with van der Waals surface area (Å²) in [6.07, 6.45) is -2.38. The first kappa shape index (κ1) is 32.3. The summed E-state index contributed by atoms with van der Waals surface area (Å²) in [5.74, 6) is -0.312. The van der Waals surface area contributed by atoms with Crippen molar-refractivity contribution in [3.8, 4) is 11.5 Å². The third kappa shape index (κ3) is 8.48. The molecule has 234 valence electrons. The molecule has 0 saturated carbocycles. The van der Waals surface area contributed by atoms with Gasteiger partial charge in [-0.25, -0.2) is 4.79 Å². The summed E-state index contributed by atoms with van der Waals surface area (Å²) in [7, 11) is 2.93. The Morgan fingerprint density at radius 2 is 1.73 bits per heavy atom. The molecule has 0 aliphatic heterocycles. The molecule has 3 aromatic rings. The summed E-state index contributed by atoms with van der Waals surface area (Å²) in [5, 5.41) is 5.17. The number of fused-ring (bicyclic) bond motifs is 1. The third-order valence-electron chi connectivity index (χ3n) is 6.92. The van der Waals surface area contributed by atoms with Gasteiger partial charge in [-0.15, -0.1) is 0 Å². The largest absolute Gasteiger partial charge is 0.457 e. The SMILES string of the molecule is CNC(=O)c1cc(Oc2ccc3c(c2)CC(C(=O)Nc2cc(CN(C)C(=O)OC(C)(C)C)cc(C(F)(F)F)c2)CC3)ccn1. The Morgan fingerprint density at radius 3 is 2.41 bits per heavy atom. The molecule has 9 nitrogen and oxygen atoms in total. The molecule has 0 saturated heterocycles. The number of nitrogens with one attached hydrogen (secondary N) is 2. The normalized spacial score (nSPS) is 14.7. The first-order chi connectivity index (χ1) is 20.6. The number of hydrogen-bond donors (Lipinski definition) is 2. The number of alkyl halides is 3. The lowest BCUT2D eigenvalue weighted by atomic mass is 9.83. The number of pyridine rings is 1. The number of carbonyl (C=O) groups is 3. The van der Waals surface area contributed by atoms with Gasteiger partial charge in [-0.3, -0.25) is 14.6 Å². The molecule has 1 aliphatic rings. The van der Waals surface area contributed by atoms with Gasteiger partial charge in [0.1, 0.15) is 22.8 Å². The van der Waals surface area contributed by atoms with Crippen molar-refractivity contribution in [3.63, 3.8) is 0 Å². The topological polar surface area (TPSA) is 110 Å². The molecular weight excluding hydrogens is 577 g/mol. The second-order valence-electron chi connectivity index (χ2n) is 11.7. The molecule has 0 bridgehead atoms. The molecule has 2 N–H and O–H groups in total. The van der Waals surface area contributed by atoms with Crippen molar-refractivity contribution in [2.75, 3.05) is 19.4 Å². The van der Waals surface area contributed by atoms with Crippen LogP contribution in [0.15, 0.2) is 54.7 Å². The van der Waals surface area contributed by atoms with Crippen LogP contribution in [0.2, 0.25) is 0 Å². The van der Waals surface area contributed by atoms with Crippen LogP contribution in [0.3, 0.4) is 0 Å². The Kier molecular flexibility index (Phi) is 9.50. The highest BCUT2D eigenvalue weighted by molar-refractivity contribution is 5.93.